The largest absolute Gasteiger partial charge is 0.494 e. The Morgan fingerprint density at radius 2 is 1.32 bits per heavy atom. The van der Waals surface area contributed by atoms with E-state index < -0.39 is 0 Å². The summed E-state index contributed by atoms with van der Waals surface area (Å²) >= 11 is 0. The fraction of sp³-hybridized carbons (Fsp3) is 0.0667. The second-order valence-electron chi connectivity index (χ2n) is 7.79. The van der Waals surface area contributed by atoms with Crippen molar-refractivity contribution in [3.8, 4) is 33.8 Å². The summed E-state index contributed by atoms with van der Waals surface area (Å²) in [5.74, 6) is 1.63. The van der Waals surface area contributed by atoms with Crippen LogP contribution in [-0.2, 0) is 0 Å². The minimum Gasteiger partial charge on any atom is -0.494 e. The topological polar surface area (TPSA) is 39.4 Å². The summed E-state index contributed by atoms with van der Waals surface area (Å²) in [5, 5.41) is 5.06. The highest BCUT2D eigenvalue weighted by atomic mass is 16.5. The maximum atomic E-state index is 5.57. The zero-order chi connectivity index (χ0) is 23.2. The van der Waals surface area contributed by atoms with Crippen molar-refractivity contribution in [2.75, 3.05) is 6.61 Å². The molecule has 0 aliphatic rings. The molecule has 4 aromatic carbocycles. The highest BCUT2D eigenvalue weighted by molar-refractivity contribution is 5.91. The maximum Gasteiger partial charge on any atom is 0.164 e. The van der Waals surface area contributed by atoms with Gasteiger partial charge in [0.15, 0.2) is 5.82 Å². The number of hydrogen-bond donors (Lipinski definition) is 0. The summed E-state index contributed by atoms with van der Waals surface area (Å²) in [5.41, 5.74) is 5.97. The molecule has 0 aliphatic carbocycles. The van der Waals surface area contributed by atoms with Crippen LogP contribution >= 0.6 is 0 Å². The Bertz CT molecular complexity index is 1370. The van der Waals surface area contributed by atoms with Gasteiger partial charge in [-0.15, -0.1) is 0 Å². The van der Waals surface area contributed by atoms with Gasteiger partial charge >= 0.3 is 0 Å². The van der Waals surface area contributed by atoms with Gasteiger partial charge in [-0.2, -0.15) is 5.10 Å². The Labute approximate surface area is 199 Å². The average Bonchev–Trinajstić information content (AvgIpc) is 3.29. The molecule has 0 amide bonds. The van der Waals surface area contributed by atoms with Gasteiger partial charge in [-0.25, -0.2) is 9.67 Å². The van der Waals surface area contributed by atoms with Crippen molar-refractivity contribution in [1.29, 1.82) is 0 Å². The Kier molecular flexibility index (Phi) is 6.30. The van der Waals surface area contributed by atoms with E-state index in [1.54, 1.807) is 0 Å². The highest BCUT2D eigenvalue weighted by Crippen LogP contribution is 2.40. The van der Waals surface area contributed by atoms with Crippen LogP contribution in [0.25, 0.3) is 28.1 Å². The molecule has 5 rings (SSSR count). The number of ether oxygens (including phenoxy) is 1. The first-order chi connectivity index (χ1) is 16.8. The molecule has 0 radical (unpaired) electrons. The van der Waals surface area contributed by atoms with Gasteiger partial charge in [0.1, 0.15) is 11.4 Å². The van der Waals surface area contributed by atoms with Crippen LogP contribution in [0.3, 0.4) is 0 Å². The molecule has 1 aromatic heterocycles. The molecule has 0 saturated carbocycles. The molecule has 0 bridgehead atoms. The lowest BCUT2D eigenvalue weighted by Crippen LogP contribution is -1.96. The van der Waals surface area contributed by atoms with E-state index in [0.717, 1.165) is 45.2 Å². The average molecular weight is 444 g/mol. The lowest BCUT2D eigenvalue weighted by molar-refractivity contribution is 0.340. The quantitative estimate of drug-likeness (QED) is 0.247. The minimum atomic E-state index is 0.645. The summed E-state index contributed by atoms with van der Waals surface area (Å²) in [6.07, 6.45) is 1.88. The van der Waals surface area contributed by atoms with Crippen LogP contribution in [0.1, 0.15) is 12.5 Å². The molecule has 0 spiro atoms. The third-order valence-electron chi connectivity index (χ3n) is 5.50. The number of hydrogen-bond acceptors (Lipinski definition) is 3. The molecular weight excluding hydrogens is 418 g/mol. The Balaban J connectivity index is 1.70. The normalized spacial score (nSPS) is 11.1. The molecule has 4 nitrogen and oxygen atoms in total. The maximum absolute atomic E-state index is 5.57. The van der Waals surface area contributed by atoms with Crippen molar-refractivity contribution >= 4 is 12.0 Å². The van der Waals surface area contributed by atoms with E-state index in [0.29, 0.717) is 6.61 Å². The van der Waals surface area contributed by atoms with E-state index in [2.05, 4.69) is 24.3 Å². The van der Waals surface area contributed by atoms with Gasteiger partial charge in [-0.1, -0.05) is 78.9 Å². The summed E-state index contributed by atoms with van der Waals surface area (Å²) in [6, 6.07) is 38.7. The predicted octanol–water partition coefficient (Wildman–Crippen LogP) is 7.36. The van der Waals surface area contributed by atoms with Crippen molar-refractivity contribution in [1.82, 2.24) is 9.78 Å². The molecule has 0 unspecified atom stereocenters. The number of para-hydroxylation sites is 1. The summed E-state index contributed by atoms with van der Waals surface area (Å²) < 4.78 is 7.50. The van der Waals surface area contributed by atoms with Gasteiger partial charge in [0.05, 0.1) is 17.9 Å². The second kappa shape index (κ2) is 10.0. The van der Waals surface area contributed by atoms with Crippen LogP contribution < -0.4 is 4.74 Å². The van der Waals surface area contributed by atoms with Crippen molar-refractivity contribution in [3.63, 3.8) is 0 Å². The van der Waals surface area contributed by atoms with Crippen LogP contribution in [0.5, 0.6) is 5.75 Å². The van der Waals surface area contributed by atoms with Crippen LogP contribution in [0, 0.1) is 0 Å². The molecule has 0 saturated heterocycles. The summed E-state index contributed by atoms with van der Waals surface area (Å²) in [7, 11) is 0. The van der Waals surface area contributed by atoms with Gasteiger partial charge in [-0.3, -0.25) is 0 Å². The van der Waals surface area contributed by atoms with Crippen molar-refractivity contribution < 1.29 is 4.74 Å². The number of nitrogens with zero attached hydrogens (tertiary/aromatic N) is 3. The lowest BCUT2D eigenvalue weighted by atomic mass is 10.0. The van der Waals surface area contributed by atoms with Gasteiger partial charge in [0.25, 0.3) is 0 Å². The van der Waals surface area contributed by atoms with E-state index in [4.69, 9.17) is 14.8 Å². The van der Waals surface area contributed by atoms with Gasteiger partial charge in [0, 0.05) is 11.8 Å². The van der Waals surface area contributed by atoms with Crippen LogP contribution in [0.2, 0.25) is 0 Å². The Morgan fingerprint density at radius 3 is 1.94 bits per heavy atom. The monoisotopic (exact) mass is 443 g/mol. The van der Waals surface area contributed by atoms with E-state index in [1.807, 2.05) is 109 Å². The SMILES string of the molecule is CCOc1ccc(C=Nc2c(-c3ccccc3)c(-c3ccccc3)nn2-c2ccccc2)cc1. The van der Waals surface area contributed by atoms with Gasteiger partial charge < -0.3 is 4.74 Å². The van der Waals surface area contributed by atoms with Crippen molar-refractivity contribution in [3.05, 3.63) is 121 Å². The molecule has 5 aromatic rings. The first-order valence-corrected chi connectivity index (χ1v) is 11.4. The molecule has 0 fully saturated rings. The zero-order valence-electron chi connectivity index (χ0n) is 19.0. The third kappa shape index (κ3) is 4.52. The first kappa shape index (κ1) is 21.4. The third-order valence-corrected chi connectivity index (χ3v) is 5.50. The van der Waals surface area contributed by atoms with E-state index in [-0.39, 0.29) is 0 Å². The van der Waals surface area contributed by atoms with Gasteiger partial charge in [-0.05, 0) is 54.4 Å². The molecular formula is C30H25N3O. The highest BCUT2D eigenvalue weighted by Gasteiger charge is 2.21. The van der Waals surface area contributed by atoms with Crippen LogP contribution in [0.4, 0.5) is 5.82 Å². The molecule has 0 N–H and O–H groups in total. The summed E-state index contributed by atoms with van der Waals surface area (Å²) in [6.45, 7) is 2.63. The Morgan fingerprint density at radius 1 is 0.735 bits per heavy atom. The molecule has 1 heterocycles. The lowest BCUT2D eigenvalue weighted by Gasteiger charge is -2.07. The van der Waals surface area contributed by atoms with Crippen molar-refractivity contribution in [2.24, 2.45) is 4.99 Å². The van der Waals surface area contributed by atoms with Crippen LogP contribution in [-0.4, -0.2) is 22.6 Å². The molecule has 0 aliphatic heterocycles. The number of aliphatic imine (C=N–C) groups is 1. The Hall–Kier alpha value is -4.44. The van der Waals surface area contributed by atoms with E-state index in [9.17, 15) is 0 Å². The fourth-order valence-corrected chi connectivity index (χ4v) is 3.90. The smallest absolute Gasteiger partial charge is 0.164 e. The second-order valence-corrected chi connectivity index (χ2v) is 7.79. The number of rotatable bonds is 7. The number of aromatic nitrogens is 2. The zero-order valence-corrected chi connectivity index (χ0v) is 19.0. The standard InChI is InChI=1S/C30H25N3O/c1-2-34-27-20-18-23(19-21-27)22-31-30-28(24-12-6-3-7-13-24)29(25-14-8-4-9-15-25)32-33(30)26-16-10-5-11-17-26/h3-22H,2H2,1H3. The molecule has 34 heavy (non-hydrogen) atoms. The van der Waals surface area contributed by atoms with Crippen molar-refractivity contribution in [2.45, 2.75) is 6.92 Å². The predicted molar refractivity (Wildman–Crippen MR) is 139 cm³/mol. The fourth-order valence-electron chi connectivity index (χ4n) is 3.90. The minimum absolute atomic E-state index is 0.645. The molecule has 166 valence electrons. The first-order valence-electron chi connectivity index (χ1n) is 11.4. The summed E-state index contributed by atoms with van der Waals surface area (Å²) in [4.78, 5) is 4.99. The van der Waals surface area contributed by atoms with Gasteiger partial charge in [0.2, 0.25) is 0 Å². The van der Waals surface area contributed by atoms with Crippen LogP contribution in [0.15, 0.2) is 120 Å². The molecule has 0 atom stereocenters. The van der Waals surface area contributed by atoms with E-state index in [1.165, 1.54) is 0 Å². The molecule has 4 heteroatoms. The van der Waals surface area contributed by atoms with E-state index >= 15 is 0 Å². The number of benzene rings is 4.